The van der Waals surface area contributed by atoms with E-state index in [-0.39, 0.29) is 0 Å². The minimum atomic E-state index is 0.729. The van der Waals surface area contributed by atoms with E-state index in [1.807, 2.05) is 0 Å². The van der Waals surface area contributed by atoms with Crippen LogP contribution in [0.2, 0.25) is 0 Å². The minimum absolute atomic E-state index is 0.729. The van der Waals surface area contributed by atoms with Crippen LogP contribution in [-0.4, -0.2) is 63.2 Å². The van der Waals surface area contributed by atoms with Gasteiger partial charge >= 0.3 is 0 Å². The Hall–Kier alpha value is -0.120. The van der Waals surface area contributed by atoms with Gasteiger partial charge in [0.25, 0.3) is 0 Å². The summed E-state index contributed by atoms with van der Waals surface area (Å²) in [5, 5.41) is 3.33. The van der Waals surface area contributed by atoms with Crippen LogP contribution in [0, 0.1) is 0 Å². The second kappa shape index (κ2) is 4.80. The van der Waals surface area contributed by atoms with Crippen LogP contribution >= 0.6 is 0 Å². The third-order valence-electron chi connectivity index (χ3n) is 2.54. The third kappa shape index (κ3) is 3.09. The molecule has 1 aliphatic heterocycles. The van der Waals surface area contributed by atoms with Gasteiger partial charge in [-0.1, -0.05) is 0 Å². The molecule has 72 valence electrons. The van der Waals surface area contributed by atoms with Gasteiger partial charge in [0.05, 0.1) is 0 Å². The van der Waals surface area contributed by atoms with Crippen molar-refractivity contribution in [3.05, 3.63) is 0 Å². The molecule has 3 heteroatoms. The second-order valence-corrected chi connectivity index (χ2v) is 3.88. The lowest BCUT2D eigenvalue weighted by molar-refractivity contribution is 0.279. The maximum absolute atomic E-state index is 3.33. The van der Waals surface area contributed by atoms with Crippen LogP contribution in [0.4, 0.5) is 0 Å². The van der Waals surface area contributed by atoms with Crippen molar-refractivity contribution in [2.75, 3.05) is 47.3 Å². The van der Waals surface area contributed by atoms with Crippen molar-refractivity contribution in [2.24, 2.45) is 0 Å². The number of hydrogen-bond acceptors (Lipinski definition) is 3. The Labute approximate surface area is 75.7 Å². The summed E-state index contributed by atoms with van der Waals surface area (Å²) < 4.78 is 0. The Morgan fingerprint density at radius 1 is 1.50 bits per heavy atom. The maximum atomic E-state index is 3.33. The van der Waals surface area contributed by atoms with Crippen LogP contribution in [0.25, 0.3) is 0 Å². The number of rotatable bonds is 4. The predicted molar refractivity (Wildman–Crippen MR) is 52.5 cm³/mol. The highest BCUT2D eigenvalue weighted by atomic mass is 15.2. The number of hydrogen-bond donors (Lipinski definition) is 1. The summed E-state index contributed by atoms with van der Waals surface area (Å²) in [4.78, 5) is 4.77. The average Bonchev–Trinajstić information content (AvgIpc) is 2.48. The molecule has 0 aromatic heterocycles. The van der Waals surface area contributed by atoms with Gasteiger partial charge in [-0.25, -0.2) is 0 Å². The normalized spacial score (nSPS) is 25.5. The fraction of sp³-hybridized carbons (Fsp3) is 1.00. The lowest BCUT2D eigenvalue weighted by Gasteiger charge is -2.18. The van der Waals surface area contributed by atoms with Gasteiger partial charge in [-0.3, -0.25) is 0 Å². The molecule has 0 amide bonds. The number of nitrogens with zero attached hydrogens (tertiary/aromatic N) is 2. The van der Waals surface area contributed by atoms with E-state index >= 15 is 0 Å². The zero-order chi connectivity index (χ0) is 8.97. The molecule has 0 aromatic rings. The number of likely N-dealkylation sites (N-methyl/N-ethyl adjacent to an activating group) is 2. The summed E-state index contributed by atoms with van der Waals surface area (Å²) in [6, 6.07) is 0.729. The molecule has 0 saturated carbocycles. The molecule has 1 heterocycles. The molecule has 1 aliphatic rings. The molecule has 1 atom stereocenters. The topological polar surface area (TPSA) is 18.5 Å². The summed E-state index contributed by atoms with van der Waals surface area (Å²) in [7, 11) is 6.32. The van der Waals surface area contributed by atoms with Crippen molar-refractivity contribution in [3.63, 3.8) is 0 Å². The zero-order valence-corrected chi connectivity index (χ0v) is 8.51. The van der Waals surface area contributed by atoms with E-state index in [0.29, 0.717) is 0 Å². The molecule has 0 aliphatic carbocycles. The van der Waals surface area contributed by atoms with Crippen molar-refractivity contribution in [2.45, 2.75) is 12.5 Å². The molecule has 1 N–H and O–H groups in total. The summed E-state index contributed by atoms with van der Waals surface area (Å²) >= 11 is 0. The van der Waals surface area contributed by atoms with Crippen LogP contribution in [-0.2, 0) is 0 Å². The summed E-state index contributed by atoms with van der Waals surface area (Å²) in [6.07, 6.45) is 1.31. The maximum Gasteiger partial charge on any atom is 0.0204 e. The van der Waals surface area contributed by atoms with Crippen molar-refractivity contribution in [1.29, 1.82) is 0 Å². The van der Waals surface area contributed by atoms with E-state index in [2.05, 4.69) is 36.3 Å². The lowest BCUT2D eigenvalue weighted by Crippen LogP contribution is -2.33. The highest BCUT2D eigenvalue weighted by Crippen LogP contribution is 2.07. The number of likely N-dealkylation sites (tertiary alicyclic amines) is 1. The van der Waals surface area contributed by atoms with E-state index in [4.69, 9.17) is 0 Å². The van der Waals surface area contributed by atoms with Crippen LogP contribution in [0.15, 0.2) is 0 Å². The molecule has 1 unspecified atom stereocenters. The van der Waals surface area contributed by atoms with E-state index in [0.717, 1.165) is 6.04 Å². The molecule has 0 bridgehead atoms. The Kier molecular flexibility index (Phi) is 3.98. The molecule has 1 rings (SSSR count). The Bertz CT molecular complexity index is 125. The first kappa shape index (κ1) is 9.96. The standard InChI is InChI=1S/C9H21N3/c1-10-9-4-5-12(8-9)7-6-11(2)3/h9-10H,4-8H2,1-3H3. The molecule has 1 fully saturated rings. The van der Waals surface area contributed by atoms with Gasteiger partial charge in [-0.2, -0.15) is 0 Å². The smallest absolute Gasteiger partial charge is 0.0204 e. The third-order valence-corrected chi connectivity index (χ3v) is 2.54. The zero-order valence-electron chi connectivity index (χ0n) is 8.51. The minimum Gasteiger partial charge on any atom is -0.316 e. The molecule has 0 spiro atoms. The van der Waals surface area contributed by atoms with Gasteiger partial charge in [0.1, 0.15) is 0 Å². The molecule has 12 heavy (non-hydrogen) atoms. The van der Waals surface area contributed by atoms with Crippen LogP contribution in [0.1, 0.15) is 6.42 Å². The predicted octanol–water partition coefficient (Wildman–Crippen LogP) is -0.158. The summed E-state index contributed by atoms with van der Waals surface area (Å²) in [5.74, 6) is 0. The summed E-state index contributed by atoms with van der Waals surface area (Å²) in [6.45, 7) is 4.88. The van der Waals surface area contributed by atoms with E-state index in [9.17, 15) is 0 Å². The second-order valence-electron chi connectivity index (χ2n) is 3.88. The Morgan fingerprint density at radius 2 is 2.25 bits per heavy atom. The summed E-state index contributed by atoms with van der Waals surface area (Å²) in [5.41, 5.74) is 0. The molecular formula is C9H21N3. The molecule has 0 radical (unpaired) electrons. The van der Waals surface area contributed by atoms with E-state index < -0.39 is 0 Å². The van der Waals surface area contributed by atoms with Crippen LogP contribution < -0.4 is 5.32 Å². The fourth-order valence-electron chi connectivity index (χ4n) is 1.61. The highest BCUT2D eigenvalue weighted by Gasteiger charge is 2.19. The van der Waals surface area contributed by atoms with Crippen LogP contribution in [0.3, 0.4) is 0 Å². The number of nitrogens with one attached hydrogen (secondary N) is 1. The van der Waals surface area contributed by atoms with Crippen molar-refractivity contribution in [3.8, 4) is 0 Å². The fourth-order valence-corrected chi connectivity index (χ4v) is 1.61. The van der Waals surface area contributed by atoms with Gasteiger partial charge in [0.15, 0.2) is 0 Å². The first-order chi connectivity index (χ1) is 5.72. The van der Waals surface area contributed by atoms with Gasteiger partial charge in [-0.15, -0.1) is 0 Å². The van der Waals surface area contributed by atoms with Crippen LogP contribution in [0.5, 0.6) is 0 Å². The Morgan fingerprint density at radius 3 is 2.75 bits per heavy atom. The lowest BCUT2D eigenvalue weighted by atomic mass is 10.3. The van der Waals surface area contributed by atoms with Gasteiger partial charge < -0.3 is 15.1 Å². The van der Waals surface area contributed by atoms with Gasteiger partial charge in [-0.05, 0) is 34.1 Å². The molecule has 1 saturated heterocycles. The van der Waals surface area contributed by atoms with Crippen molar-refractivity contribution < 1.29 is 0 Å². The average molecular weight is 171 g/mol. The highest BCUT2D eigenvalue weighted by molar-refractivity contribution is 4.79. The molecule has 3 nitrogen and oxygen atoms in total. The Balaban J connectivity index is 2.11. The SMILES string of the molecule is CNC1CCN(CCN(C)C)C1. The van der Waals surface area contributed by atoms with E-state index in [1.165, 1.54) is 32.6 Å². The van der Waals surface area contributed by atoms with E-state index in [1.54, 1.807) is 0 Å². The first-order valence-electron chi connectivity index (χ1n) is 4.76. The molecular weight excluding hydrogens is 150 g/mol. The van der Waals surface area contributed by atoms with Crippen molar-refractivity contribution >= 4 is 0 Å². The first-order valence-corrected chi connectivity index (χ1v) is 4.76. The monoisotopic (exact) mass is 171 g/mol. The van der Waals surface area contributed by atoms with Gasteiger partial charge in [0.2, 0.25) is 0 Å². The quantitative estimate of drug-likeness (QED) is 0.634. The molecule has 0 aromatic carbocycles. The van der Waals surface area contributed by atoms with Gasteiger partial charge in [0, 0.05) is 25.7 Å². The largest absolute Gasteiger partial charge is 0.316 e. The van der Waals surface area contributed by atoms with Crippen molar-refractivity contribution in [1.82, 2.24) is 15.1 Å².